The van der Waals surface area contributed by atoms with Crippen molar-refractivity contribution in [2.45, 2.75) is 26.0 Å². The monoisotopic (exact) mass is 503 g/mol. The number of aliphatic hydroxyl groups excluding tert-OH is 1. The third-order valence-corrected chi connectivity index (χ3v) is 6.02. The van der Waals surface area contributed by atoms with Gasteiger partial charge in [-0.05, 0) is 74.0 Å². The van der Waals surface area contributed by atoms with Gasteiger partial charge in [0.05, 0.1) is 39.0 Å². The molecule has 0 aliphatic carbocycles. The average Bonchev–Trinajstić information content (AvgIpc) is 3.18. The number of rotatable bonds is 8. The number of nitrogens with zero attached hydrogens (tertiary/aromatic N) is 1. The topological polar surface area (TPSA) is 94.5 Å². The van der Waals surface area contributed by atoms with Crippen LogP contribution in [0.5, 0.6) is 23.0 Å². The van der Waals surface area contributed by atoms with Gasteiger partial charge in [0.1, 0.15) is 17.3 Å². The van der Waals surface area contributed by atoms with Crippen LogP contribution in [-0.2, 0) is 9.59 Å². The number of Topliss-reactive ketones (excluding diaryl/α,β-unsaturated/α-hetero) is 1. The molecule has 1 saturated heterocycles. The number of carbonyl (C=O) groups is 2. The van der Waals surface area contributed by atoms with E-state index in [1.165, 1.54) is 19.1 Å². The Bertz CT molecular complexity index is 1330. The van der Waals surface area contributed by atoms with Crippen LogP contribution < -0.4 is 23.8 Å². The fourth-order valence-corrected chi connectivity index (χ4v) is 4.30. The van der Waals surface area contributed by atoms with Crippen LogP contribution in [0, 0.1) is 0 Å². The normalized spacial score (nSPS) is 16.7. The summed E-state index contributed by atoms with van der Waals surface area (Å²) in [4.78, 5) is 28.1. The molecule has 1 aliphatic rings. The van der Waals surface area contributed by atoms with Gasteiger partial charge in [-0.25, -0.2) is 0 Å². The molecular formula is C29H29NO7. The first-order valence-corrected chi connectivity index (χ1v) is 11.7. The van der Waals surface area contributed by atoms with E-state index in [0.29, 0.717) is 39.8 Å². The highest BCUT2D eigenvalue weighted by molar-refractivity contribution is 6.51. The molecule has 1 amide bonds. The van der Waals surface area contributed by atoms with Crippen molar-refractivity contribution in [3.05, 3.63) is 83.4 Å². The Hall–Kier alpha value is -4.46. The molecule has 0 bridgehead atoms. The molecule has 0 radical (unpaired) electrons. The van der Waals surface area contributed by atoms with Crippen LogP contribution in [0.2, 0.25) is 0 Å². The maximum atomic E-state index is 13.4. The average molecular weight is 504 g/mol. The number of anilines is 1. The second-order valence-electron chi connectivity index (χ2n) is 8.67. The summed E-state index contributed by atoms with van der Waals surface area (Å²) < 4.78 is 21.6. The molecule has 1 atom stereocenters. The third kappa shape index (κ3) is 4.95. The smallest absolute Gasteiger partial charge is 0.300 e. The Labute approximate surface area is 215 Å². The third-order valence-electron chi connectivity index (χ3n) is 6.02. The summed E-state index contributed by atoms with van der Waals surface area (Å²) in [5.41, 5.74) is 1.40. The zero-order chi connectivity index (χ0) is 26.7. The van der Waals surface area contributed by atoms with Gasteiger partial charge in [0.25, 0.3) is 11.7 Å². The van der Waals surface area contributed by atoms with Crippen LogP contribution in [-0.4, -0.2) is 44.2 Å². The lowest BCUT2D eigenvalue weighted by atomic mass is 9.95. The molecule has 1 N–H and O–H groups in total. The molecule has 1 fully saturated rings. The molecule has 192 valence electrons. The molecule has 0 spiro atoms. The van der Waals surface area contributed by atoms with E-state index in [0.717, 1.165) is 0 Å². The zero-order valence-electron chi connectivity index (χ0n) is 21.3. The number of ether oxygens (including phenoxy) is 4. The van der Waals surface area contributed by atoms with Crippen LogP contribution in [0.1, 0.15) is 31.0 Å². The maximum absolute atomic E-state index is 13.4. The molecule has 3 aromatic rings. The molecule has 37 heavy (non-hydrogen) atoms. The van der Waals surface area contributed by atoms with E-state index >= 15 is 0 Å². The number of amides is 1. The molecule has 0 saturated carbocycles. The van der Waals surface area contributed by atoms with Gasteiger partial charge in [0, 0.05) is 11.3 Å². The molecule has 1 aliphatic heterocycles. The second kappa shape index (κ2) is 10.7. The number of methoxy groups -OCH3 is 3. The molecule has 8 nitrogen and oxygen atoms in total. The number of aliphatic hydroxyl groups is 1. The molecule has 8 heteroatoms. The van der Waals surface area contributed by atoms with Crippen molar-refractivity contribution in [2.24, 2.45) is 0 Å². The van der Waals surface area contributed by atoms with E-state index < -0.39 is 17.7 Å². The highest BCUT2D eigenvalue weighted by atomic mass is 16.5. The van der Waals surface area contributed by atoms with Crippen molar-refractivity contribution in [2.75, 3.05) is 26.2 Å². The van der Waals surface area contributed by atoms with Gasteiger partial charge in [0.15, 0.2) is 11.5 Å². The van der Waals surface area contributed by atoms with Crippen LogP contribution in [0.25, 0.3) is 5.76 Å². The van der Waals surface area contributed by atoms with Gasteiger partial charge >= 0.3 is 0 Å². The number of ketones is 1. The van der Waals surface area contributed by atoms with E-state index in [1.54, 1.807) is 73.8 Å². The van der Waals surface area contributed by atoms with Crippen molar-refractivity contribution in [3.63, 3.8) is 0 Å². The number of benzene rings is 3. The first-order chi connectivity index (χ1) is 17.8. The van der Waals surface area contributed by atoms with Crippen LogP contribution in [0.4, 0.5) is 5.69 Å². The minimum Gasteiger partial charge on any atom is -0.507 e. The van der Waals surface area contributed by atoms with E-state index in [9.17, 15) is 14.7 Å². The van der Waals surface area contributed by atoms with Crippen LogP contribution >= 0.6 is 0 Å². The van der Waals surface area contributed by atoms with Crippen molar-refractivity contribution < 1.29 is 33.6 Å². The first-order valence-electron chi connectivity index (χ1n) is 11.7. The number of hydrogen-bond donors (Lipinski definition) is 1. The highest BCUT2D eigenvalue weighted by Crippen LogP contribution is 2.43. The van der Waals surface area contributed by atoms with Crippen LogP contribution in [0.15, 0.2) is 72.3 Å². The summed E-state index contributed by atoms with van der Waals surface area (Å²) in [5, 5.41) is 11.4. The van der Waals surface area contributed by atoms with Crippen molar-refractivity contribution in [1.82, 2.24) is 0 Å². The SMILES string of the molecule is COc1ccc(N2C(=O)C(=O)/C(=C(\O)c3ccc(OC)c(OC)c3)C2c2ccc(OC(C)C)cc2)cc1. The summed E-state index contributed by atoms with van der Waals surface area (Å²) in [6.07, 6.45) is -0.0131. The predicted molar refractivity (Wildman–Crippen MR) is 140 cm³/mol. The fourth-order valence-electron chi connectivity index (χ4n) is 4.30. The molecule has 1 heterocycles. The minimum absolute atomic E-state index is 0.0131. The molecular weight excluding hydrogens is 474 g/mol. The van der Waals surface area contributed by atoms with Gasteiger partial charge in [-0.2, -0.15) is 0 Å². The number of hydrogen-bond acceptors (Lipinski definition) is 7. The second-order valence-corrected chi connectivity index (χ2v) is 8.67. The lowest BCUT2D eigenvalue weighted by Gasteiger charge is -2.26. The standard InChI is InChI=1S/C29H29NO7/c1-17(2)37-22-11-6-18(7-12-22)26-25(27(31)19-8-15-23(35-4)24(16-19)36-5)28(32)29(33)30(26)20-9-13-21(34-3)14-10-20/h6-17,26,31H,1-5H3/b27-25-. The summed E-state index contributed by atoms with van der Waals surface area (Å²) in [5.74, 6) is 0.244. The van der Waals surface area contributed by atoms with Crippen molar-refractivity contribution >= 4 is 23.1 Å². The van der Waals surface area contributed by atoms with Crippen molar-refractivity contribution in [1.29, 1.82) is 0 Å². The lowest BCUT2D eigenvalue weighted by molar-refractivity contribution is -0.132. The predicted octanol–water partition coefficient (Wildman–Crippen LogP) is 5.13. The zero-order valence-corrected chi connectivity index (χ0v) is 21.3. The largest absolute Gasteiger partial charge is 0.507 e. The van der Waals surface area contributed by atoms with Gasteiger partial charge < -0.3 is 24.1 Å². The Balaban J connectivity index is 1.89. The molecule has 3 aromatic carbocycles. The Morgan fingerprint density at radius 3 is 2.00 bits per heavy atom. The fraction of sp³-hybridized carbons (Fsp3) is 0.241. The lowest BCUT2D eigenvalue weighted by Crippen LogP contribution is -2.29. The van der Waals surface area contributed by atoms with Gasteiger partial charge in [0.2, 0.25) is 0 Å². The first kappa shape index (κ1) is 25.6. The van der Waals surface area contributed by atoms with E-state index in [4.69, 9.17) is 18.9 Å². The Morgan fingerprint density at radius 1 is 0.811 bits per heavy atom. The summed E-state index contributed by atoms with van der Waals surface area (Å²) in [7, 11) is 4.53. The van der Waals surface area contributed by atoms with E-state index in [-0.39, 0.29) is 17.4 Å². The number of carbonyl (C=O) groups excluding carboxylic acids is 2. The molecule has 4 rings (SSSR count). The summed E-state index contributed by atoms with van der Waals surface area (Å²) >= 11 is 0. The maximum Gasteiger partial charge on any atom is 0.300 e. The Morgan fingerprint density at radius 2 is 1.43 bits per heavy atom. The summed E-state index contributed by atoms with van der Waals surface area (Å²) in [6.45, 7) is 3.85. The van der Waals surface area contributed by atoms with Gasteiger partial charge in [-0.15, -0.1) is 0 Å². The van der Waals surface area contributed by atoms with E-state index in [2.05, 4.69) is 0 Å². The van der Waals surface area contributed by atoms with Crippen molar-refractivity contribution in [3.8, 4) is 23.0 Å². The molecule has 1 unspecified atom stereocenters. The quantitative estimate of drug-likeness (QED) is 0.259. The van der Waals surface area contributed by atoms with E-state index in [1.807, 2.05) is 13.8 Å². The Kier molecular flexibility index (Phi) is 7.38. The summed E-state index contributed by atoms with van der Waals surface area (Å²) in [6, 6.07) is 17.8. The van der Waals surface area contributed by atoms with Gasteiger partial charge in [-0.1, -0.05) is 12.1 Å². The highest BCUT2D eigenvalue weighted by Gasteiger charge is 2.47. The molecule has 0 aromatic heterocycles. The van der Waals surface area contributed by atoms with Crippen LogP contribution in [0.3, 0.4) is 0 Å². The van der Waals surface area contributed by atoms with Gasteiger partial charge in [-0.3, -0.25) is 14.5 Å². The minimum atomic E-state index is -0.880.